The van der Waals surface area contributed by atoms with Crippen LogP contribution in [0.25, 0.3) is 0 Å². The van der Waals surface area contributed by atoms with Gasteiger partial charge in [0.2, 0.25) is 6.07 Å². The normalized spacial score (nSPS) is 20.1. The Morgan fingerprint density at radius 1 is 1.71 bits per heavy atom. The van der Waals surface area contributed by atoms with Crippen molar-refractivity contribution in [2.24, 2.45) is 5.92 Å². The van der Waals surface area contributed by atoms with E-state index in [1.54, 1.807) is 0 Å². The van der Waals surface area contributed by atoms with Crippen LogP contribution in [0.3, 0.4) is 0 Å². The monoisotopic (exact) mass is 118 g/mol. The van der Waals surface area contributed by atoms with Crippen LogP contribution >= 0.6 is 11.6 Å². The SMILES string of the molecule is Cl[C]OCC1CC1. The first-order valence-electron chi connectivity index (χ1n) is 2.41. The molecular weight excluding hydrogens is 112 g/mol. The molecule has 0 aromatic heterocycles. The molecule has 2 heteroatoms. The van der Waals surface area contributed by atoms with Gasteiger partial charge >= 0.3 is 0 Å². The highest BCUT2D eigenvalue weighted by Crippen LogP contribution is 2.28. The van der Waals surface area contributed by atoms with Gasteiger partial charge in [0.05, 0.1) is 6.61 Å². The molecule has 0 N–H and O–H groups in total. The molecule has 0 aliphatic heterocycles. The van der Waals surface area contributed by atoms with Gasteiger partial charge in [0, 0.05) is 0 Å². The lowest BCUT2D eigenvalue weighted by Gasteiger charge is -1.89. The zero-order valence-electron chi connectivity index (χ0n) is 3.98. The molecule has 0 heterocycles. The fraction of sp³-hybridized carbons (Fsp3) is 0.800. The van der Waals surface area contributed by atoms with Crippen molar-refractivity contribution in [3.8, 4) is 0 Å². The van der Waals surface area contributed by atoms with Crippen LogP contribution in [0.1, 0.15) is 12.8 Å². The Morgan fingerprint density at radius 3 is 2.86 bits per heavy atom. The van der Waals surface area contributed by atoms with Crippen molar-refractivity contribution >= 4 is 11.6 Å². The number of hydrogen-bond acceptors (Lipinski definition) is 1. The highest BCUT2D eigenvalue weighted by Gasteiger charge is 2.20. The van der Waals surface area contributed by atoms with Crippen LogP contribution in [0.4, 0.5) is 0 Å². The zero-order chi connectivity index (χ0) is 5.11. The average Bonchev–Trinajstić information content (AvgIpc) is 2.42. The fourth-order valence-corrected chi connectivity index (χ4v) is 0.497. The molecule has 0 amide bonds. The zero-order valence-corrected chi connectivity index (χ0v) is 4.74. The van der Waals surface area contributed by atoms with E-state index >= 15 is 0 Å². The standard InChI is InChI=1S/C5H7ClO/c6-4-7-3-5-1-2-5/h5H,1-3H2. The summed E-state index contributed by atoms with van der Waals surface area (Å²) in [6.07, 6.45) is 2.61. The maximum absolute atomic E-state index is 5.00. The van der Waals surface area contributed by atoms with Crippen LogP contribution < -0.4 is 0 Å². The number of halogens is 1. The summed E-state index contributed by atoms with van der Waals surface area (Å²) in [6.45, 7) is 0.767. The van der Waals surface area contributed by atoms with E-state index in [9.17, 15) is 0 Å². The second-order valence-corrected chi connectivity index (χ2v) is 1.99. The molecule has 1 aliphatic rings. The molecule has 7 heavy (non-hydrogen) atoms. The summed E-state index contributed by atoms with van der Waals surface area (Å²) in [4.78, 5) is 0. The lowest BCUT2D eigenvalue weighted by molar-refractivity contribution is 0.214. The van der Waals surface area contributed by atoms with Gasteiger partial charge in [-0.2, -0.15) is 0 Å². The number of rotatable bonds is 3. The molecule has 1 rings (SSSR count). The van der Waals surface area contributed by atoms with E-state index in [1.807, 2.05) is 0 Å². The Hall–Kier alpha value is 0.250. The van der Waals surface area contributed by atoms with Gasteiger partial charge in [-0.15, -0.1) is 0 Å². The van der Waals surface area contributed by atoms with Gasteiger partial charge in [-0.05, 0) is 18.8 Å². The molecule has 1 fully saturated rings. The molecule has 0 unspecified atom stereocenters. The van der Waals surface area contributed by atoms with Crippen molar-refractivity contribution in [3.63, 3.8) is 0 Å². The van der Waals surface area contributed by atoms with Crippen molar-refractivity contribution in [1.82, 2.24) is 0 Å². The highest BCUT2D eigenvalue weighted by molar-refractivity contribution is 6.22. The molecule has 0 saturated heterocycles. The van der Waals surface area contributed by atoms with Gasteiger partial charge in [0.15, 0.2) is 0 Å². The maximum Gasteiger partial charge on any atom is 0.236 e. The van der Waals surface area contributed by atoms with Crippen molar-refractivity contribution < 1.29 is 4.74 Å². The Bertz CT molecular complexity index is 52.0. The van der Waals surface area contributed by atoms with Crippen molar-refractivity contribution in [3.05, 3.63) is 6.07 Å². The molecule has 1 saturated carbocycles. The predicted molar refractivity (Wildman–Crippen MR) is 27.8 cm³/mol. The van der Waals surface area contributed by atoms with E-state index in [0.29, 0.717) is 0 Å². The van der Waals surface area contributed by atoms with Gasteiger partial charge in [0.1, 0.15) is 0 Å². The molecule has 0 aromatic carbocycles. The predicted octanol–water partition coefficient (Wildman–Crippen LogP) is 1.65. The third kappa shape index (κ3) is 2.15. The van der Waals surface area contributed by atoms with Crippen molar-refractivity contribution in [1.29, 1.82) is 0 Å². The minimum atomic E-state index is 0.767. The molecule has 0 bridgehead atoms. The molecule has 40 valence electrons. The minimum Gasteiger partial charge on any atom is -0.351 e. The number of ether oxygens (including phenoxy) is 1. The Kier molecular flexibility index (Phi) is 1.95. The van der Waals surface area contributed by atoms with Crippen LogP contribution in [0.2, 0.25) is 0 Å². The largest absolute Gasteiger partial charge is 0.351 e. The molecule has 0 aromatic rings. The van der Waals surface area contributed by atoms with Crippen LogP contribution in [0.15, 0.2) is 0 Å². The highest BCUT2D eigenvalue weighted by atomic mass is 35.5. The Morgan fingerprint density at radius 2 is 2.43 bits per heavy atom. The molecular formula is C5H7ClO. The topological polar surface area (TPSA) is 9.23 Å². The average molecular weight is 119 g/mol. The lowest BCUT2D eigenvalue weighted by atomic mass is 10.5. The summed E-state index contributed by atoms with van der Waals surface area (Å²) in [5.74, 6) is 0.784. The minimum absolute atomic E-state index is 0.767. The van der Waals surface area contributed by atoms with E-state index < -0.39 is 0 Å². The first-order chi connectivity index (χ1) is 3.43. The van der Waals surface area contributed by atoms with E-state index in [4.69, 9.17) is 11.6 Å². The van der Waals surface area contributed by atoms with Gasteiger partial charge in [-0.25, -0.2) is 0 Å². The molecule has 1 nitrogen and oxygen atoms in total. The van der Waals surface area contributed by atoms with E-state index in [2.05, 4.69) is 10.8 Å². The summed E-state index contributed by atoms with van der Waals surface area (Å²) < 4.78 is 4.67. The smallest absolute Gasteiger partial charge is 0.236 e. The summed E-state index contributed by atoms with van der Waals surface area (Å²) >= 11 is 5.00. The summed E-state index contributed by atoms with van der Waals surface area (Å²) in [5, 5.41) is 0. The lowest BCUT2D eigenvalue weighted by Crippen LogP contribution is -1.88. The van der Waals surface area contributed by atoms with E-state index in [1.165, 1.54) is 12.8 Å². The van der Waals surface area contributed by atoms with Crippen molar-refractivity contribution in [2.45, 2.75) is 12.8 Å². The first-order valence-corrected chi connectivity index (χ1v) is 2.78. The quantitative estimate of drug-likeness (QED) is 0.548. The molecule has 2 radical (unpaired) electrons. The first kappa shape index (κ1) is 5.39. The maximum atomic E-state index is 5.00. The van der Waals surface area contributed by atoms with Crippen LogP contribution in [-0.2, 0) is 4.74 Å². The van der Waals surface area contributed by atoms with Gasteiger partial charge in [-0.3, -0.25) is 0 Å². The second-order valence-electron chi connectivity index (χ2n) is 1.83. The Labute approximate surface area is 48.6 Å². The summed E-state index contributed by atoms with van der Waals surface area (Å²) in [7, 11) is 0. The van der Waals surface area contributed by atoms with Crippen LogP contribution in [0, 0.1) is 12.0 Å². The van der Waals surface area contributed by atoms with Gasteiger partial charge in [-0.1, -0.05) is 11.6 Å². The molecule has 1 aliphatic carbocycles. The Balaban J connectivity index is 1.80. The van der Waals surface area contributed by atoms with Gasteiger partial charge < -0.3 is 4.74 Å². The third-order valence-corrected chi connectivity index (χ3v) is 1.18. The number of hydrogen-bond donors (Lipinski definition) is 0. The summed E-state index contributed by atoms with van der Waals surface area (Å²) in [6, 6.07) is 2.11. The van der Waals surface area contributed by atoms with Crippen LogP contribution in [0.5, 0.6) is 0 Å². The van der Waals surface area contributed by atoms with Crippen molar-refractivity contribution in [2.75, 3.05) is 6.61 Å². The van der Waals surface area contributed by atoms with E-state index in [-0.39, 0.29) is 0 Å². The fourth-order valence-electron chi connectivity index (χ4n) is 0.434. The third-order valence-electron chi connectivity index (χ3n) is 1.07. The second kappa shape index (κ2) is 2.53. The molecule has 0 atom stereocenters. The van der Waals surface area contributed by atoms with Gasteiger partial charge in [0.25, 0.3) is 0 Å². The summed E-state index contributed by atoms with van der Waals surface area (Å²) in [5.41, 5.74) is 0. The molecule has 0 spiro atoms. The van der Waals surface area contributed by atoms with E-state index in [0.717, 1.165) is 12.5 Å². The van der Waals surface area contributed by atoms with Crippen LogP contribution in [-0.4, -0.2) is 6.61 Å².